The molecule has 1 unspecified atom stereocenters. The Labute approximate surface area is 89.7 Å². The lowest BCUT2D eigenvalue weighted by Gasteiger charge is -2.12. The molecule has 0 bridgehead atoms. The summed E-state index contributed by atoms with van der Waals surface area (Å²) >= 11 is 0. The maximum atomic E-state index is 11.8. The summed E-state index contributed by atoms with van der Waals surface area (Å²) in [5.74, 6) is 0.411. The molecule has 0 amide bonds. The van der Waals surface area contributed by atoms with Crippen LogP contribution in [0.1, 0.15) is 20.3 Å². The van der Waals surface area contributed by atoms with E-state index in [0.29, 0.717) is 12.4 Å². The van der Waals surface area contributed by atoms with Gasteiger partial charge in [-0.3, -0.25) is 4.79 Å². The van der Waals surface area contributed by atoms with Gasteiger partial charge in [0.05, 0.1) is 0 Å². The van der Waals surface area contributed by atoms with E-state index in [2.05, 4.69) is 16.9 Å². The zero-order valence-corrected chi connectivity index (χ0v) is 9.23. The summed E-state index contributed by atoms with van der Waals surface area (Å²) in [4.78, 5) is 15.8. The number of anilines is 1. The van der Waals surface area contributed by atoms with Crippen LogP contribution in [0.25, 0.3) is 0 Å². The van der Waals surface area contributed by atoms with Crippen molar-refractivity contribution in [3.05, 3.63) is 35.4 Å². The highest BCUT2D eigenvalue weighted by molar-refractivity contribution is 5.32. The van der Waals surface area contributed by atoms with Gasteiger partial charge in [-0.15, -0.1) is 6.58 Å². The lowest BCUT2D eigenvalue weighted by Crippen LogP contribution is -2.27. The molecule has 1 aromatic heterocycles. The van der Waals surface area contributed by atoms with Crippen LogP contribution in [-0.2, 0) is 6.54 Å². The lowest BCUT2D eigenvalue weighted by atomic mass is 10.2. The van der Waals surface area contributed by atoms with Gasteiger partial charge in [0.25, 0.3) is 5.56 Å². The minimum absolute atomic E-state index is 0.0732. The van der Waals surface area contributed by atoms with Crippen LogP contribution in [0.2, 0.25) is 0 Å². The summed E-state index contributed by atoms with van der Waals surface area (Å²) in [6.07, 6.45) is 5.95. The van der Waals surface area contributed by atoms with Crippen LogP contribution < -0.4 is 10.9 Å². The van der Waals surface area contributed by atoms with E-state index in [1.54, 1.807) is 17.0 Å². The fourth-order valence-electron chi connectivity index (χ4n) is 1.34. The van der Waals surface area contributed by atoms with Crippen molar-refractivity contribution in [2.24, 2.45) is 0 Å². The van der Waals surface area contributed by atoms with Gasteiger partial charge in [-0.1, -0.05) is 6.08 Å². The van der Waals surface area contributed by atoms with E-state index in [4.69, 9.17) is 0 Å². The number of aryl methyl sites for hydroxylation is 1. The molecule has 82 valence electrons. The quantitative estimate of drug-likeness (QED) is 0.747. The van der Waals surface area contributed by atoms with Gasteiger partial charge in [0.1, 0.15) is 0 Å². The molecule has 0 aliphatic carbocycles. The fourth-order valence-corrected chi connectivity index (χ4v) is 1.34. The third kappa shape index (κ3) is 2.94. The van der Waals surface area contributed by atoms with E-state index in [0.717, 1.165) is 6.42 Å². The van der Waals surface area contributed by atoms with Crippen molar-refractivity contribution in [2.75, 3.05) is 5.32 Å². The first kappa shape index (κ1) is 11.5. The standard InChI is InChI=1S/C11H17N3O/c1-4-6-9(3)13-10-11(15)14(5-2)8-7-12-10/h4,7-9H,1,5-6H2,2-3H3,(H,12,13). The molecule has 0 aromatic carbocycles. The highest BCUT2D eigenvalue weighted by Gasteiger charge is 2.06. The number of hydrogen-bond acceptors (Lipinski definition) is 3. The van der Waals surface area contributed by atoms with E-state index in [-0.39, 0.29) is 11.6 Å². The molecule has 4 nitrogen and oxygen atoms in total. The first-order chi connectivity index (χ1) is 7.19. The first-order valence-corrected chi connectivity index (χ1v) is 5.12. The smallest absolute Gasteiger partial charge is 0.293 e. The highest BCUT2D eigenvalue weighted by atomic mass is 16.1. The molecule has 0 spiro atoms. The van der Waals surface area contributed by atoms with Gasteiger partial charge in [0.2, 0.25) is 0 Å². The molecule has 0 fully saturated rings. The lowest BCUT2D eigenvalue weighted by molar-refractivity contribution is 0.711. The van der Waals surface area contributed by atoms with Crippen LogP contribution in [0.5, 0.6) is 0 Å². The molecular weight excluding hydrogens is 190 g/mol. The second-order valence-electron chi connectivity index (χ2n) is 3.44. The van der Waals surface area contributed by atoms with Crippen molar-refractivity contribution >= 4 is 5.82 Å². The Kier molecular flexibility index (Phi) is 4.09. The predicted octanol–water partition coefficient (Wildman–Crippen LogP) is 1.64. The largest absolute Gasteiger partial charge is 0.363 e. The van der Waals surface area contributed by atoms with Crippen molar-refractivity contribution in [3.8, 4) is 0 Å². The number of nitrogens with zero attached hydrogens (tertiary/aromatic N) is 2. The van der Waals surface area contributed by atoms with Crippen molar-refractivity contribution in [2.45, 2.75) is 32.9 Å². The second kappa shape index (κ2) is 5.34. The Balaban J connectivity index is 2.86. The number of nitrogens with one attached hydrogen (secondary N) is 1. The van der Waals surface area contributed by atoms with Gasteiger partial charge < -0.3 is 9.88 Å². The third-order valence-electron chi connectivity index (χ3n) is 2.16. The molecule has 1 rings (SSSR count). The maximum absolute atomic E-state index is 11.8. The molecule has 15 heavy (non-hydrogen) atoms. The summed E-state index contributed by atoms with van der Waals surface area (Å²) in [6, 6.07) is 0.176. The predicted molar refractivity (Wildman–Crippen MR) is 62.1 cm³/mol. The molecule has 0 radical (unpaired) electrons. The summed E-state index contributed by atoms with van der Waals surface area (Å²) < 4.78 is 1.62. The molecule has 0 saturated carbocycles. The Bertz CT molecular complexity index is 384. The first-order valence-electron chi connectivity index (χ1n) is 5.12. The molecule has 0 aliphatic heterocycles. The molecular formula is C11H17N3O. The maximum Gasteiger partial charge on any atom is 0.293 e. The normalized spacial score (nSPS) is 12.1. The zero-order chi connectivity index (χ0) is 11.3. The van der Waals surface area contributed by atoms with E-state index >= 15 is 0 Å². The number of aromatic nitrogens is 2. The summed E-state index contributed by atoms with van der Waals surface area (Å²) in [5, 5.41) is 3.07. The van der Waals surface area contributed by atoms with Crippen molar-refractivity contribution in [3.63, 3.8) is 0 Å². The minimum Gasteiger partial charge on any atom is -0.363 e. The molecule has 4 heteroatoms. The van der Waals surface area contributed by atoms with Crippen LogP contribution >= 0.6 is 0 Å². The Morgan fingerprint density at radius 3 is 3.07 bits per heavy atom. The highest BCUT2D eigenvalue weighted by Crippen LogP contribution is 2.00. The molecule has 0 aliphatic rings. The van der Waals surface area contributed by atoms with E-state index in [1.165, 1.54) is 0 Å². The molecule has 1 heterocycles. The summed E-state index contributed by atoms with van der Waals surface area (Å²) in [7, 11) is 0. The third-order valence-corrected chi connectivity index (χ3v) is 2.16. The number of rotatable bonds is 5. The minimum atomic E-state index is -0.0732. The van der Waals surface area contributed by atoms with Gasteiger partial charge >= 0.3 is 0 Å². The van der Waals surface area contributed by atoms with Crippen LogP contribution in [0.4, 0.5) is 5.82 Å². The van der Waals surface area contributed by atoms with Gasteiger partial charge in [0, 0.05) is 25.0 Å². The second-order valence-corrected chi connectivity index (χ2v) is 3.44. The van der Waals surface area contributed by atoms with Crippen molar-refractivity contribution in [1.82, 2.24) is 9.55 Å². The Hall–Kier alpha value is -1.58. The van der Waals surface area contributed by atoms with Gasteiger partial charge in [-0.05, 0) is 20.3 Å². The average Bonchev–Trinajstić information content (AvgIpc) is 2.21. The Morgan fingerprint density at radius 1 is 1.73 bits per heavy atom. The molecule has 0 saturated heterocycles. The van der Waals surface area contributed by atoms with Crippen LogP contribution in [-0.4, -0.2) is 15.6 Å². The zero-order valence-electron chi connectivity index (χ0n) is 9.23. The van der Waals surface area contributed by atoms with Gasteiger partial charge in [-0.2, -0.15) is 0 Å². The van der Waals surface area contributed by atoms with Crippen LogP contribution in [0.3, 0.4) is 0 Å². The van der Waals surface area contributed by atoms with Crippen LogP contribution in [0.15, 0.2) is 29.8 Å². The topological polar surface area (TPSA) is 46.9 Å². The number of hydrogen-bond donors (Lipinski definition) is 1. The average molecular weight is 207 g/mol. The van der Waals surface area contributed by atoms with E-state index in [1.807, 2.05) is 19.9 Å². The SMILES string of the molecule is C=CCC(C)Nc1nccn(CC)c1=O. The molecule has 1 aromatic rings. The fraction of sp³-hybridized carbons (Fsp3) is 0.455. The molecule has 1 atom stereocenters. The summed E-state index contributed by atoms with van der Waals surface area (Å²) in [6.45, 7) is 8.23. The van der Waals surface area contributed by atoms with Gasteiger partial charge in [-0.25, -0.2) is 4.98 Å². The van der Waals surface area contributed by atoms with Crippen molar-refractivity contribution in [1.29, 1.82) is 0 Å². The van der Waals surface area contributed by atoms with E-state index in [9.17, 15) is 4.79 Å². The van der Waals surface area contributed by atoms with Gasteiger partial charge in [0.15, 0.2) is 5.82 Å². The van der Waals surface area contributed by atoms with E-state index < -0.39 is 0 Å². The van der Waals surface area contributed by atoms with Crippen molar-refractivity contribution < 1.29 is 0 Å². The monoisotopic (exact) mass is 207 g/mol. The van der Waals surface area contributed by atoms with Crippen LogP contribution in [0, 0.1) is 0 Å². The molecule has 1 N–H and O–H groups in total. The Morgan fingerprint density at radius 2 is 2.47 bits per heavy atom. The summed E-state index contributed by atoms with van der Waals surface area (Å²) in [5.41, 5.74) is -0.0732.